The minimum atomic E-state index is -0.370. The molecular weight excluding hydrogens is 262 g/mol. The molecule has 2 heterocycles. The Morgan fingerprint density at radius 2 is 1.68 bits per heavy atom. The molecule has 0 amide bonds. The molecule has 19 heavy (non-hydrogen) atoms. The molecule has 100 valence electrons. The molecule has 0 atom stereocenters. The van der Waals surface area contributed by atoms with Crippen LogP contribution in [0.4, 0.5) is 4.39 Å². The zero-order chi connectivity index (χ0) is 13.8. The third-order valence-electron chi connectivity index (χ3n) is 3.99. The van der Waals surface area contributed by atoms with Crippen LogP contribution in [0.25, 0.3) is 10.1 Å². The first-order valence-electron chi connectivity index (χ1n) is 6.33. The summed E-state index contributed by atoms with van der Waals surface area (Å²) in [4.78, 5) is 0. The predicted octanol–water partition coefficient (Wildman–Crippen LogP) is 3.34. The Bertz CT molecular complexity index is 619. The highest BCUT2D eigenvalue weighted by Crippen LogP contribution is 2.37. The van der Waals surface area contributed by atoms with Crippen LogP contribution in [0.2, 0.25) is 0 Å². The molecule has 5 heteroatoms. The quantitative estimate of drug-likeness (QED) is 0.745. The van der Waals surface area contributed by atoms with Crippen molar-refractivity contribution in [1.82, 2.24) is 0 Å². The van der Waals surface area contributed by atoms with Crippen molar-refractivity contribution >= 4 is 33.3 Å². The van der Waals surface area contributed by atoms with Crippen LogP contribution in [0.5, 0.6) is 0 Å². The molecule has 1 aliphatic heterocycles. The minimum absolute atomic E-state index is 0.213. The molecule has 1 aliphatic rings. The largest absolute Gasteiger partial charge is 0.505 e. The fraction of sp³-hybridized carbons (Fsp3) is 0.429. The van der Waals surface area contributed by atoms with Crippen LogP contribution in [0.3, 0.4) is 0 Å². The lowest BCUT2D eigenvalue weighted by Gasteiger charge is -2.32. The number of hydrogen-bond acceptors (Lipinski definition) is 3. The molecule has 2 nitrogen and oxygen atoms in total. The summed E-state index contributed by atoms with van der Waals surface area (Å²) in [5.41, 5.74) is -0.696. The Hall–Kier alpha value is -0.905. The van der Waals surface area contributed by atoms with E-state index in [0.29, 0.717) is 0 Å². The number of hydrogen-bond donors (Lipinski definition) is 0. The van der Waals surface area contributed by atoms with Gasteiger partial charge >= 0.3 is 7.12 Å². The molecule has 0 unspecified atom stereocenters. The van der Waals surface area contributed by atoms with Gasteiger partial charge in [-0.05, 0) is 51.3 Å². The molecular formula is C14H16BFO2S. The van der Waals surface area contributed by atoms with Crippen molar-refractivity contribution in [1.29, 1.82) is 0 Å². The van der Waals surface area contributed by atoms with Gasteiger partial charge in [-0.15, -0.1) is 11.3 Å². The molecule has 1 saturated heterocycles. The Morgan fingerprint density at radius 1 is 1.05 bits per heavy atom. The SMILES string of the molecule is CC1(C)OB(c2cc3ccc(F)cc3s2)OC1(C)C. The molecule has 0 radical (unpaired) electrons. The Balaban J connectivity index is 1.98. The van der Waals surface area contributed by atoms with Crippen LogP contribution in [0.1, 0.15) is 27.7 Å². The summed E-state index contributed by atoms with van der Waals surface area (Å²) in [5.74, 6) is -0.213. The number of rotatable bonds is 1. The van der Waals surface area contributed by atoms with E-state index in [2.05, 4.69) is 0 Å². The molecule has 1 fully saturated rings. The highest BCUT2D eigenvalue weighted by Gasteiger charge is 2.52. The van der Waals surface area contributed by atoms with E-state index >= 15 is 0 Å². The lowest BCUT2D eigenvalue weighted by Crippen LogP contribution is -2.41. The van der Waals surface area contributed by atoms with Crippen LogP contribution in [0.15, 0.2) is 24.3 Å². The van der Waals surface area contributed by atoms with Gasteiger partial charge in [-0.25, -0.2) is 4.39 Å². The molecule has 0 saturated carbocycles. The first-order chi connectivity index (χ1) is 8.78. The normalized spacial score (nSPS) is 21.2. The topological polar surface area (TPSA) is 18.5 Å². The van der Waals surface area contributed by atoms with Gasteiger partial charge in [0.15, 0.2) is 0 Å². The number of fused-ring (bicyclic) bond motifs is 1. The second-order valence-corrected chi connectivity index (χ2v) is 7.03. The molecule has 1 aromatic carbocycles. The van der Waals surface area contributed by atoms with E-state index in [1.807, 2.05) is 33.8 Å². The fourth-order valence-corrected chi connectivity index (χ4v) is 3.15. The lowest BCUT2D eigenvalue weighted by atomic mass is 9.87. The van der Waals surface area contributed by atoms with Crippen LogP contribution in [-0.4, -0.2) is 18.3 Å². The highest BCUT2D eigenvalue weighted by atomic mass is 32.1. The highest BCUT2D eigenvalue weighted by molar-refractivity contribution is 7.28. The number of thiophene rings is 1. The molecule has 0 aliphatic carbocycles. The average molecular weight is 278 g/mol. The second kappa shape index (κ2) is 4.04. The Labute approximate surface area is 116 Å². The zero-order valence-corrected chi connectivity index (χ0v) is 12.3. The Kier molecular flexibility index (Phi) is 2.79. The van der Waals surface area contributed by atoms with E-state index in [-0.39, 0.29) is 24.1 Å². The van der Waals surface area contributed by atoms with E-state index in [0.717, 1.165) is 14.9 Å². The van der Waals surface area contributed by atoms with Crippen molar-refractivity contribution in [3.63, 3.8) is 0 Å². The van der Waals surface area contributed by atoms with Gasteiger partial charge < -0.3 is 9.31 Å². The first-order valence-corrected chi connectivity index (χ1v) is 7.15. The van der Waals surface area contributed by atoms with Crippen LogP contribution in [-0.2, 0) is 9.31 Å². The van der Waals surface area contributed by atoms with Crippen molar-refractivity contribution in [2.75, 3.05) is 0 Å². The van der Waals surface area contributed by atoms with Gasteiger partial charge in [-0.1, -0.05) is 6.07 Å². The van der Waals surface area contributed by atoms with Gasteiger partial charge in [0.25, 0.3) is 0 Å². The number of halogens is 1. The summed E-state index contributed by atoms with van der Waals surface area (Å²) in [7, 11) is -0.370. The summed E-state index contributed by atoms with van der Waals surface area (Å²) in [6.07, 6.45) is 0. The van der Waals surface area contributed by atoms with Gasteiger partial charge in [-0.3, -0.25) is 0 Å². The monoisotopic (exact) mass is 278 g/mol. The molecule has 1 aromatic heterocycles. The lowest BCUT2D eigenvalue weighted by molar-refractivity contribution is 0.00578. The van der Waals surface area contributed by atoms with E-state index in [4.69, 9.17) is 9.31 Å². The molecule has 3 rings (SSSR count). The summed E-state index contributed by atoms with van der Waals surface area (Å²) >= 11 is 1.52. The van der Waals surface area contributed by atoms with Crippen molar-refractivity contribution in [3.8, 4) is 0 Å². The van der Waals surface area contributed by atoms with E-state index in [1.165, 1.54) is 17.4 Å². The zero-order valence-electron chi connectivity index (χ0n) is 11.5. The second-order valence-electron chi connectivity index (χ2n) is 5.92. The van der Waals surface area contributed by atoms with Gasteiger partial charge in [0, 0.05) is 9.48 Å². The van der Waals surface area contributed by atoms with E-state index in [1.54, 1.807) is 12.1 Å². The van der Waals surface area contributed by atoms with Crippen molar-refractivity contribution in [2.45, 2.75) is 38.9 Å². The Morgan fingerprint density at radius 3 is 2.32 bits per heavy atom. The summed E-state index contributed by atoms with van der Waals surface area (Å²) < 4.78 is 27.1. The third kappa shape index (κ3) is 2.10. The standard InChI is InChI=1S/C14H16BFO2S/c1-13(2)14(3,4)18-15(17-13)12-7-9-5-6-10(16)8-11(9)19-12/h5-8H,1-4H3. The van der Waals surface area contributed by atoms with Gasteiger partial charge in [0.1, 0.15) is 5.82 Å². The van der Waals surface area contributed by atoms with E-state index < -0.39 is 0 Å². The van der Waals surface area contributed by atoms with Gasteiger partial charge in [0.05, 0.1) is 11.2 Å². The summed E-state index contributed by atoms with van der Waals surface area (Å²) in [6.45, 7) is 8.11. The maximum absolute atomic E-state index is 13.2. The van der Waals surface area contributed by atoms with Crippen LogP contribution in [0, 0.1) is 5.82 Å². The molecule has 0 N–H and O–H groups in total. The average Bonchev–Trinajstić information content (AvgIpc) is 2.78. The fourth-order valence-electron chi connectivity index (χ4n) is 2.10. The molecule has 0 spiro atoms. The third-order valence-corrected chi connectivity index (χ3v) is 5.11. The van der Waals surface area contributed by atoms with Crippen molar-refractivity contribution in [3.05, 3.63) is 30.1 Å². The van der Waals surface area contributed by atoms with Gasteiger partial charge in [-0.2, -0.15) is 0 Å². The minimum Gasteiger partial charge on any atom is -0.399 e. The van der Waals surface area contributed by atoms with Crippen molar-refractivity contribution < 1.29 is 13.7 Å². The van der Waals surface area contributed by atoms with Crippen LogP contribution < -0.4 is 4.78 Å². The molecule has 0 bridgehead atoms. The first kappa shape index (κ1) is 13.1. The predicted molar refractivity (Wildman–Crippen MR) is 77.5 cm³/mol. The number of benzene rings is 1. The van der Waals surface area contributed by atoms with Crippen LogP contribution >= 0.6 is 11.3 Å². The van der Waals surface area contributed by atoms with Crippen molar-refractivity contribution in [2.24, 2.45) is 0 Å². The molecule has 2 aromatic rings. The maximum atomic E-state index is 13.2. The summed E-state index contributed by atoms with van der Waals surface area (Å²) in [5, 5.41) is 1.02. The van der Waals surface area contributed by atoms with E-state index in [9.17, 15) is 4.39 Å². The smallest absolute Gasteiger partial charge is 0.399 e. The summed E-state index contributed by atoms with van der Waals surface area (Å²) in [6, 6.07) is 6.83. The maximum Gasteiger partial charge on any atom is 0.505 e. The van der Waals surface area contributed by atoms with Gasteiger partial charge in [0.2, 0.25) is 0 Å².